The molecule has 0 fully saturated rings. The molecule has 1 unspecified atom stereocenters. The maximum atomic E-state index is 5.61. The minimum atomic E-state index is 0.139. The highest BCUT2D eigenvalue weighted by atomic mass is 32.1. The normalized spacial score (nSPS) is 13.2. The van der Waals surface area contributed by atoms with Crippen molar-refractivity contribution in [3.8, 4) is 0 Å². The minimum absolute atomic E-state index is 0.139. The quantitative estimate of drug-likeness (QED) is 0.561. The third-order valence-electron chi connectivity index (χ3n) is 2.64. The molecule has 0 saturated carbocycles. The van der Waals surface area contributed by atoms with Gasteiger partial charge in [0.25, 0.3) is 0 Å². The fourth-order valence-corrected chi connectivity index (χ4v) is 3.32. The fraction of sp³-hybridized carbons (Fsp3) is 0.182. The maximum Gasteiger partial charge on any atom is 0.193 e. The lowest BCUT2D eigenvalue weighted by atomic mass is 10.1. The van der Waals surface area contributed by atoms with E-state index in [1.54, 1.807) is 22.7 Å². The van der Waals surface area contributed by atoms with E-state index in [2.05, 4.69) is 28.1 Å². The van der Waals surface area contributed by atoms with Crippen LogP contribution in [0.1, 0.15) is 16.6 Å². The zero-order chi connectivity index (χ0) is 11.7. The minimum Gasteiger partial charge on any atom is -0.297 e. The number of fused-ring (bicyclic) bond motifs is 1. The second kappa shape index (κ2) is 4.58. The molecule has 4 nitrogen and oxygen atoms in total. The summed E-state index contributed by atoms with van der Waals surface area (Å²) in [6, 6.07) is 4.27. The molecule has 0 radical (unpaired) electrons. The number of thiazole rings is 1. The Kier molecular flexibility index (Phi) is 2.94. The van der Waals surface area contributed by atoms with Crippen LogP contribution in [0.2, 0.25) is 0 Å². The van der Waals surface area contributed by atoms with Gasteiger partial charge in [-0.2, -0.15) is 0 Å². The summed E-state index contributed by atoms with van der Waals surface area (Å²) in [7, 11) is 0. The smallest absolute Gasteiger partial charge is 0.193 e. The number of thiophene rings is 1. The van der Waals surface area contributed by atoms with E-state index in [9.17, 15) is 0 Å². The van der Waals surface area contributed by atoms with Gasteiger partial charge in [-0.3, -0.25) is 15.7 Å². The fourth-order valence-electron chi connectivity index (χ4n) is 1.81. The summed E-state index contributed by atoms with van der Waals surface area (Å²) in [5.74, 6) is 5.61. The van der Waals surface area contributed by atoms with Crippen molar-refractivity contribution in [2.75, 3.05) is 0 Å². The lowest BCUT2D eigenvalue weighted by molar-refractivity contribution is 0.555. The summed E-state index contributed by atoms with van der Waals surface area (Å²) in [5.41, 5.74) is 3.92. The number of imidazole rings is 1. The standard InChI is InChI=1S/C11H12N4S2/c12-14-9(10-2-1-4-16-10)6-8-7-15-3-5-17-11(15)13-8/h1-5,7,9,14H,6,12H2. The summed E-state index contributed by atoms with van der Waals surface area (Å²) in [4.78, 5) is 6.83. The van der Waals surface area contributed by atoms with Gasteiger partial charge in [-0.05, 0) is 11.4 Å². The monoisotopic (exact) mass is 264 g/mol. The van der Waals surface area contributed by atoms with Crippen molar-refractivity contribution in [1.82, 2.24) is 14.8 Å². The van der Waals surface area contributed by atoms with Crippen LogP contribution < -0.4 is 11.3 Å². The second-order valence-electron chi connectivity index (χ2n) is 3.76. The van der Waals surface area contributed by atoms with Gasteiger partial charge in [-0.15, -0.1) is 22.7 Å². The van der Waals surface area contributed by atoms with Crippen LogP contribution in [-0.4, -0.2) is 9.38 Å². The number of rotatable bonds is 4. The maximum absolute atomic E-state index is 5.61. The van der Waals surface area contributed by atoms with Crippen LogP contribution in [0, 0.1) is 0 Å². The van der Waals surface area contributed by atoms with Crippen molar-refractivity contribution < 1.29 is 0 Å². The van der Waals surface area contributed by atoms with E-state index in [0.717, 1.165) is 17.1 Å². The Hall–Kier alpha value is -1.21. The summed E-state index contributed by atoms with van der Waals surface area (Å²) in [6.45, 7) is 0. The van der Waals surface area contributed by atoms with Crippen LogP contribution >= 0.6 is 22.7 Å². The molecule has 3 rings (SSSR count). The Balaban J connectivity index is 1.83. The molecule has 0 aliphatic rings. The molecule has 88 valence electrons. The molecule has 0 bridgehead atoms. The SMILES string of the molecule is NNC(Cc1cn2ccsc2n1)c1cccs1. The van der Waals surface area contributed by atoms with Crippen molar-refractivity contribution in [2.45, 2.75) is 12.5 Å². The van der Waals surface area contributed by atoms with Gasteiger partial charge in [0.1, 0.15) is 0 Å². The Labute approximate surface area is 107 Å². The molecule has 3 aromatic heterocycles. The van der Waals surface area contributed by atoms with E-state index in [1.807, 2.05) is 22.0 Å². The van der Waals surface area contributed by atoms with Crippen molar-refractivity contribution >= 4 is 27.6 Å². The van der Waals surface area contributed by atoms with E-state index < -0.39 is 0 Å². The molecule has 1 atom stereocenters. The number of nitrogens with zero attached hydrogens (tertiary/aromatic N) is 2. The largest absolute Gasteiger partial charge is 0.297 e. The van der Waals surface area contributed by atoms with Crippen LogP contribution in [0.3, 0.4) is 0 Å². The van der Waals surface area contributed by atoms with Crippen LogP contribution in [0.25, 0.3) is 4.96 Å². The summed E-state index contributed by atoms with van der Waals surface area (Å²) < 4.78 is 2.04. The van der Waals surface area contributed by atoms with Gasteiger partial charge >= 0.3 is 0 Å². The van der Waals surface area contributed by atoms with Crippen LogP contribution in [-0.2, 0) is 6.42 Å². The first-order valence-corrected chi connectivity index (χ1v) is 7.03. The molecule has 6 heteroatoms. The predicted octanol–water partition coefficient (Wildman–Crippen LogP) is 2.20. The average Bonchev–Trinajstić information content (AvgIpc) is 3.01. The first-order valence-electron chi connectivity index (χ1n) is 5.27. The molecule has 3 aromatic rings. The first-order chi connectivity index (χ1) is 8.36. The van der Waals surface area contributed by atoms with Crippen LogP contribution in [0.5, 0.6) is 0 Å². The molecular formula is C11H12N4S2. The number of hydrazine groups is 1. The van der Waals surface area contributed by atoms with Gasteiger partial charge in [0, 0.05) is 29.1 Å². The summed E-state index contributed by atoms with van der Waals surface area (Å²) >= 11 is 3.35. The third kappa shape index (κ3) is 2.12. The van der Waals surface area contributed by atoms with Gasteiger partial charge in [0.05, 0.1) is 11.7 Å². The zero-order valence-electron chi connectivity index (χ0n) is 9.04. The molecule has 0 aliphatic heterocycles. The molecule has 0 amide bonds. The predicted molar refractivity (Wildman–Crippen MR) is 71.2 cm³/mol. The van der Waals surface area contributed by atoms with Crippen LogP contribution in [0.15, 0.2) is 35.3 Å². The van der Waals surface area contributed by atoms with Gasteiger partial charge in [-0.25, -0.2) is 4.98 Å². The first kappa shape index (κ1) is 10.9. The highest BCUT2D eigenvalue weighted by Gasteiger charge is 2.13. The Morgan fingerprint density at radius 3 is 3.06 bits per heavy atom. The van der Waals surface area contributed by atoms with E-state index in [1.165, 1.54) is 4.88 Å². The highest BCUT2D eigenvalue weighted by molar-refractivity contribution is 7.15. The van der Waals surface area contributed by atoms with E-state index in [0.29, 0.717) is 0 Å². The van der Waals surface area contributed by atoms with Crippen molar-refractivity contribution in [3.63, 3.8) is 0 Å². The van der Waals surface area contributed by atoms with E-state index >= 15 is 0 Å². The Bertz CT molecular complexity index is 567. The van der Waals surface area contributed by atoms with Gasteiger partial charge in [0.15, 0.2) is 4.96 Å². The van der Waals surface area contributed by atoms with E-state index in [4.69, 9.17) is 5.84 Å². The second-order valence-corrected chi connectivity index (χ2v) is 5.62. The summed E-state index contributed by atoms with van der Waals surface area (Å²) in [5, 5.41) is 4.09. The van der Waals surface area contributed by atoms with E-state index in [-0.39, 0.29) is 6.04 Å². The molecule has 0 aliphatic carbocycles. The molecule has 0 aromatic carbocycles. The Morgan fingerprint density at radius 2 is 2.35 bits per heavy atom. The lowest BCUT2D eigenvalue weighted by Crippen LogP contribution is -2.29. The van der Waals surface area contributed by atoms with Gasteiger partial charge in [-0.1, -0.05) is 6.07 Å². The highest BCUT2D eigenvalue weighted by Crippen LogP contribution is 2.22. The van der Waals surface area contributed by atoms with Crippen molar-refractivity contribution in [1.29, 1.82) is 0 Å². The Morgan fingerprint density at radius 1 is 1.41 bits per heavy atom. The summed E-state index contributed by atoms with van der Waals surface area (Å²) in [6.07, 6.45) is 4.89. The molecule has 3 heterocycles. The average molecular weight is 264 g/mol. The number of hydrogen-bond donors (Lipinski definition) is 2. The molecular weight excluding hydrogens is 252 g/mol. The van der Waals surface area contributed by atoms with Crippen LogP contribution in [0.4, 0.5) is 0 Å². The molecule has 0 saturated heterocycles. The molecule has 0 spiro atoms. The zero-order valence-corrected chi connectivity index (χ0v) is 10.7. The van der Waals surface area contributed by atoms with Crippen molar-refractivity contribution in [2.24, 2.45) is 5.84 Å². The lowest BCUT2D eigenvalue weighted by Gasteiger charge is -2.12. The topological polar surface area (TPSA) is 55.3 Å². The van der Waals surface area contributed by atoms with Gasteiger partial charge < -0.3 is 0 Å². The third-order valence-corrected chi connectivity index (χ3v) is 4.40. The molecule has 3 N–H and O–H groups in total. The van der Waals surface area contributed by atoms with Gasteiger partial charge in [0.2, 0.25) is 0 Å². The van der Waals surface area contributed by atoms with Crippen molar-refractivity contribution in [3.05, 3.63) is 45.9 Å². The number of aromatic nitrogens is 2. The number of nitrogens with one attached hydrogen (secondary N) is 1. The number of nitrogens with two attached hydrogens (primary N) is 1. The molecule has 17 heavy (non-hydrogen) atoms. The number of hydrogen-bond acceptors (Lipinski definition) is 5.